The van der Waals surface area contributed by atoms with Crippen LogP contribution in [0.15, 0.2) is 18.5 Å². The summed E-state index contributed by atoms with van der Waals surface area (Å²) in [5.41, 5.74) is 1.39. The number of nitrogens with one attached hydrogen (secondary N) is 1. The zero-order chi connectivity index (χ0) is 11.8. The van der Waals surface area contributed by atoms with Crippen molar-refractivity contribution in [1.29, 1.82) is 0 Å². The summed E-state index contributed by atoms with van der Waals surface area (Å²) in [4.78, 5) is 0. The largest absolute Gasteiger partial charge is 0.385 e. The predicted molar refractivity (Wildman–Crippen MR) is 67.6 cm³/mol. The molecule has 1 N–H and O–H groups in total. The third-order valence-electron chi connectivity index (χ3n) is 2.87. The van der Waals surface area contributed by atoms with Crippen molar-refractivity contribution in [2.24, 2.45) is 0 Å². The van der Waals surface area contributed by atoms with E-state index in [1.165, 1.54) is 18.4 Å². The van der Waals surface area contributed by atoms with Gasteiger partial charge in [0, 0.05) is 38.7 Å². The Hall–Kier alpha value is -0.800. The number of ether oxygens (including phenoxy) is 1. The summed E-state index contributed by atoms with van der Waals surface area (Å²) in [6.45, 7) is 4.09. The molecular weight excluding hydrogens is 200 g/mol. The topological polar surface area (TPSA) is 26.2 Å². The number of nitrogens with zero attached hydrogens (tertiary/aromatic N) is 1. The lowest BCUT2D eigenvalue weighted by Gasteiger charge is -2.13. The molecule has 0 aliphatic carbocycles. The summed E-state index contributed by atoms with van der Waals surface area (Å²) in [7, 11) is 3.78. The number of aromatic nitrogens is 1. The fourth-order valence-electron chi connectivity index (χ4n) is 1.96. The van der Waals surface area contributed by atoms with Crippen LogP contribution in [0.1, 0.15) is 37.8 Å². The van der Waals surface area contributed by atoms with Gasteiger partial charge in [-0.25, -0.2) is 0 Å². The number of methoxy groups -OCH3 is 1. The molecule has 0 spiro atoms. The molecule has 0 aliphatic rings. The molecule has 16 heavy (non-hydrogen) atoms. The molecule has 0 fully saturated rings. The average molecular weight is 224 g/mol. The van der Waals surface area contributed by atoms with Crippen LogP contribution in [0.4, 0.5) is 0 Å². The molecule has 0 saturated carbocycles. The van der Waals surface area contributed by atoms with Crippen molar-refractivity contribution in [2.45, 2.75) is 38.8 Å². The van der Waals surface area contributed by atoms with Crippen molar-refractivity contribution >= 4 is 0 Å². The van der Waals surface area contributed by atoms with Crippen molar-refractivity contribution < 1.29 is 4.74 Å². The van der Waals surface area contributed by atoms with Crippen LogP contribution >= 0.6 is 0 Å². The summed E-state index contributed by atoms with van der Waals surface area (Å²) in [5, 5.41) is 3.36. The molecule has 92 valence electrons. The fourth-order valence-corrected chi connectivity index (χ4v) is 1.96. The molecule has 1 unspecified atom stereocenters. The van der Waals surface area contributed by atoms with Gasteiger partial charge in [0.2, 0.25) is 0 Å². The molecule has 3 heteroatoms. The lowest BCUT2D eigenvalue weighted by Crippen LogP contribution is -2.15. The van der Waals surface area contributed by atoms with E-state index in [4.69, 9.17) is 4.74 Å². The molecule has 1 aromatic rings. The molecule has 1 rings (SSSR count). The van der Waals surface area contributed by atoms with Crippen molar-refractivity contribution in [3.05, 3.63) is 24.0 Å². The van der Waals surface area contributed by atoms with Crippen molar-refractivity contribution in [2.75, 3.05) is 20.8 Å². The lowest BCUT2D eigenvalue weighted by atomic mass is 10.1. The van der Waals surface area contributed by atoms with Gasteiger partial charge in [-0.15, -0.1) is 0 Å². The van der Waals surface area contributed by atoms with Crippen LogP contribution in [0.3, 0.4) is 0 Å². The Labute approximate surface area is 98.8 Å². The maximum absolute atomic E-state index is 5.05. The minimum atomic E-state index is 0.494. The van der Waals surface area contributed by atoms with Gasteiger partial charge in [0.15, 0.2) is 0 Å². The molecule has 1 atom stereocenters. The highest BCUT2D eigenvalue weighted by Gasteiger charge is 2.08. The minimum absolute atomic E-state index is 0.494. The zero-order valence-electron chi connectivity index (χ0n) is 10.7. The maximum Gasteiger partial charge on any atom is 0.0479 e. The Balaban J connectivity index is 2.48. The number of hydrogen-bond donors (Lipinski definition) is 1. The minimum Gasteiger partial charge on any atom is -0.385 e. The fraction of sp³-hybridized carbons (Fsp3) is 0.692. The second-order valence-electron chi connectivity index (χ2n) is 4.16. The summed E-state index contributed by atoms with van der Waals surface area (Å²) >= 11 is 0. The monoisotopic (exact) mass is 224 g/mol. The standard InChI is InChI=1S/C13H24N2O/c1-4-6-13(14-2)12-7-9-15(11-12)8-5-10-16-3/h7,9,11,13-14H,4-6,8,10H2,1-3H3. The van der Waals surface area contributed by atoms with E-state index >= 15 is 0 Å². The molecule has 0 aliphatic heterocycles. The van der Waals surface area contributed by atoms with Crippen LogP contribution in [-0.2, 0) is 11.3 Å². The Kier molecular flexibility index (Phi) is 6.19. The quantitative estimate of drug-likeness (QED) is 0.687. The van der Waals surface area contributed by atoms with Gasteiger partial charge in [-0.2, -0.15) is 0 Å². The highest BCUT2D eigenvalue weighted by molar-refractivity contribution is 5.15. The van der Waals surface area contributed by atoms with E-state index in [9.17, 15) is 0 Å². The van der Waals surface area contributed by atoms with Gasteiger partial charge in [0.1, 0.15) is 0 Å². The number of aryl methyl sites for hydroxylation is 1. The van der Waals surface area contributed by atoms with Crippen LogP contribution in [-0.4, -0.2) is 25.3 Å². The summed E-state index contributed by atoms with van der Waals surface area (Å²) in [5.74, 6) is 0. The highest BCUT2D eigenvalue weighted by Crippen LogP contribution is 2.18. The van der Waals surface area contributed by atoms with Gasteiger partial charge < -0.3 is 14.6 Å². The van der Waals surface area contributed by atoms with Crippen LogP contribution in [0.5, 0.6) is 0 Å². The average Bonchev–Trinajstić information content (AvgIpc) is 2.75. The Bertz CT molecular complexity index is 283. The molecule has 3 nitrogen and oxygen atoms in total. The first-order valence-corrected chi connectivity index (χ1v) is 6.13. The molecule has 1 heterocycles. The lowest BCUT2D eigenvalue weighted by molar-refractivity contribution is 0.190. The van der Waals surface area contributed by atoms with Gasteiger partial charge in [-0.05, 0) is 31.5 Å². The molecule has 0 saturated heterocycles. The van der Waals surface area contributed by atoms with Crippen LogP contribution < -0.4 is 5.32 Å². The van der Waals surface area contributed by atoms with Crippen LogP contribution in [0.2, 0.25) is 0 Å². The number of rotatable bonds is 8. The first-order chi connectivity index (χ1) is 7.81. The molecule has 0 aromatic carbocycles. The van der Waals surface area contributed by atoms with Crippen LogP contribution in [0, 0.1) is 0 Å². The Morgan fingerprint density at radius 3 is 2.94 bits per heavy atom. The molecule has 1 aromatic heterocycles. The Morgan fingerprint density at radius 1 is 1.50 bits per heavy atom. The summed E-state index contributed by atoms with van der Waals surface area (Å²) < 4.78 is 7.30. The van der Waals surface area contributed by atoms with E-state index in [1.54, 1.807) is 7.11 Å². The smallest absolute Gasteiger partial charge is 0.0479 e. The van der Waals surface area contributed by atoms with Crippen LogP contribution in [0.25, 0.3) is 0 Å². The normalized spacial score (nSPS) is 12.9. The molecule has 0 amide bonds. The Morgan fingerprint density at radius 2 is 2.31 bits per heavy atom. The van der Waals surface area contributed by atoms with Crippen molar-refractivity contribution in [3.63, 3.8) is 0 Å². The van der Waals surface area contributed by atoms with E-state index in [1.807, 2.05) is 7.05 Å². The zero-order valence-corrected chi connectivity index (χ0v) is 10.7. The number of hydrogen-bond acceptors (Lipinski definition) is 2. The summed E-state index contributed by atoms with van der Waals surface area (Å²) in [6.07, 6.45) is 7.87. The van der Waals surface area contributed by atoms with Crippen molar-refractivity contribution in [3.8, 4) is 0 Å². The van der Waals surface area contributed by atoms with Gasteiger partial charge in [-0.3, -0.25) is 0 Å². The van der Waals surface area contributed by atoms with E-state index in [0.717, 1.165) is 19.6 Å². The first kappa shape index (κ1) is 13.3. The maximum atomic E-state index is 5.05. The second kappa shape index (κ2) is 7.47. The van der Waals surface area contributed by atoms with Gasteiger partial charge in [0.25, 0.3) is 0 Å². The molecular formula is C13H24N2O. The van der Waals surface area contributed by atoms with E-state index in [0.29, 0.717) is 6.04 Å². The van der Waals surface area contributed by atoms with Gasteiger partial charge in [0.05, 0.1) is 0 Å². The third kappa shape index (κ3) is 3.99. The highest BCUT2D eigenvalue weighted by atomic mass is 16.5. The third-order valence-corrected chi connectivity index (χ3v) is 2.87. The predicted octanol–water partition coefficient (Wildman–Crippen LogP) is 2.59. The van der Waals surface area contributed by atoms with Gasteiger partial charge >= 0.3 is 0 Å². The van der Waals surface area contributed by atoms with Gasteiger partial charge in [-0.1, -0.05) is 13.3 Å². The van der Waals surface area contributed by atoms with E-state index < -0.39 is 0 Å². The van der Waals surface area contributed by atoms with Crippen molar-refractivity contribution in [1.82, 2.24) is 9.88 Å². The SMILES string of the molecule is CCCC(NC)c1ccn(CCCOC)c1. The molecule has 0 bridgehead atoms. The molecule has 0 radical (unpaired) electrons. The van der Waals surface area contributed by atoms with E-state index in [2.05, 4.69) is 35.3 Å². The summed E-state index contributed by atoms with van der Waals surface area (Å²) in [6, 6.07) is 2.71. The second-order valence-corrected chi connectivity index (χ2v) is 4.16. The first-order valence-electron chi connectivity index (χ1n) is 6.13. The van der Waals surface area contributed by atoms with E-state index in [-0.39, 0.29) is 0 Å².